The summed E-state index contributed by atoms with van der Waals surface area (Å²) in [6.45, 7) is 12.5. The van der Waals surface area contributed by atoms with Crippen molar-refractivity contribution in [2.24, 2.45) is 11.8 Å². The molecule has 1 saturated carbocycles. The van der Waals surface area contributed by atoms with Gasteiger partial charge in [0.05, 0.1) is 0 Å². The molecule has 0 spiro atoms. The fraction of sp³-hybridized carbons (Fsp3) is 0.824. The zero-order valence-electron chi connectivity index (χ0n) is 14.1. The van der Waals surface area contributed by atoms with E-state index in [1.807, 2.05) is 11.3 Å². The van der Waals surface area contributed by atoms with Crippen molar-refractivity contribution in [3.05, 3.63) is 11.1 Å². The molecule has 0 unspecified atom stereocenters. The summed E-state index contributed by atoms with van der Waals surface area (Å²) in [7, 11) is 0. The standard InChI is InChI=1S/C17H31N3S/c1-13(2)7-9-20(10-8-14(3)4)17-19-12-16(21-17)11-18-15-5-6-15/h12-15,18H,5-11H2,1-4H3. The minimum absolute atomic E-state index is 0.752. The van der Waals surface area contributed by atoms with Gasteiger partial charge < -0.3 is 10.2 Å². The molecule has 120 valence electrons. The van der Waals surface area contributed by atoms with E-state index >= 15 is 0 Å². The smallest absolute Gasteiger partial charge is 0.185 e. The van der Waals surface area contributed by atoms with E-state index in [2.05, 4.69) is 49.1 Å². The largest absolute Gasteiger partial charge is 0.348 e. The number of nitrogens with zero attached hydrogens (tertiary/aromatic N) is 2. The lowest BCUT2D eigenvalue weighted by atomic mass is 10.1. The molecule has 0 radical (unpaired) electrons. The first-order valence-corrected chi connectivity index (χ1v) is 9.29. The molecular formula is C17H31N3S. The maximum absolute atomic E-state index is 4.68. The highest BCUT2D eigenvalue weighted by atomic mass is 32.1. The minimum Gasteiger partial charge on any atom is -0.348 e. The van der Waals surface area contributed by atoms with Crippen LogP contribution in [0, 0.1) is 11.8 Å². The second kappa shape index (κ2) is 8.14. The molecule has 1 fully saturated rings. The summed E-state index contributed by atoms with van der Waals surface area (Å²) in [4.78, 5) is 8.54. The third-order valence-electron chi connectivity index (χ3n) is 3.91. The summed E-state index contributed by atoms with van der Waals surface area (Å²) in [5.74, 6) is 1.50. The monoisotopic (exact) mass is 309 g/mol. The molecule has 1 aromatic rings. The maximum Gasteiger partial charge on any atom is 0.185 e. The van der Waals surface area contributed by atoms with Gasteiger partial charge in [0.25, 0.3) is 0 Å². The highest BCUT2D eigenvalue weighted by molar-refractivity contribution is 7.15. The van der Waals surface area contributed by atoms with Crippen molar-refractivity contribution in [1.29, 1.82) is 0 Å². The molecule has 1 heterocycles. The molecule has 0 aromatic carbocycles. The number of rotatable bonds is 10. The van der Waals surface area contributed by atoms with Gasteiger partial charge in [0.15, 0.2) is 5.13 Å². The first-order chi connectivity index (χ1) is 10.0. The Hall–Kier alpha value is -0.610. The predicted octanol–water partition coefficient (Wildman–Crippen LogP) is 4.29. The molecule has 0 amide bonds. The second-order valence-corrected chi connectivity index (χ2v) is 8.21. The lowest BCUT2D eigenvalue weighted by molar-refractivity contribution is 0.535. The van der Waals surface area contributed by atoms with Gasteiger partial charge in [-0.1, -0.05) is 27.7 Å². The van der Waals surface area contributed by atoms with E-state index in [0.29, 0.717) is 0 Å². The van der Waals surface area contributed by atoms with Crippen LogP contribution in [-0.2, 0) is 6.54 Å². The minimum atomic E-state index is 0.752. The highest BCUT2D eigenvalue weighted by Gasteiger charge is 2.20. The number of hydrogen-bond acceptors (Lipinski definition) is 4. The van der Waals surface area contributed by atoms with Crippen LogP contribution in [0.4, 0.5) is 5.13 Å². The van der Waals surface area contributed by atoms with Crippen molar-refractivity contribution in [2.45, 2.75) is 66.0 Å². The summed E-state index contributed by atoms with van der Waals surface area (Å²) in [5.41, 5.74) is 0. The number of thiazole rings is 1. The SMILES string of the molecule is CC(C)CCN(CCC(C)C)c1ncc(CNC2CC2)s1. The van der Waals surface area contributed by atoms with Crippen molar-refractivity contribution in [1.82, 2.24) is 10.3 Å². The molecule has 3 nitrogen and oxygen atoms in total. The molecule has 0 atom stereocenters. The van der Waals surface area contributed by atoms with Gasteiger partial charge in [0.2, 0.25) is 0 Å². The Bertz CT molecular complexity index is 398. The van der Waals surface area contributed by atoms with Gasteiger partial charge in [-0.15, -0.1) is 11.3 Å². The van der Waals surface area contributed by atoms with Crippen LogP contribution in [0.5, 0.6) is 0 Å². The van der Waals surface area contributed by atoms with Gasteiger partial charge in [-0.2, -0.15) is 0 Å². The predicted molar refractivity (Wildman–Crippen MR) is 93.1 cm³/mol. The number of nitrogens with one attached hydrogen (secondary N) is 1. The Kier molecular flexibility index (Phi) is 6.49. The van der Waals surface area contributed by atoms with E-state index in [1.165, 1.54) is 35.7 Å². The fourth-order valence-corrected chi connectivity index (χ4v) is 3.10. The summed E-state index contributed by atoms with van der Waals surface area (Å²) >= 11 is 1.87. The molecular weight excluding hydrogens is 278 g/mol. The summed E-state index contributed by atoms with van der Waals surface area (Å²) in [6.07, 6.45) is 7.24. The van der Waals surface area contributed by atoms with E-state index in [0.717, 1.165) is 37.5 Å². The van der Waals surface area contributed by atoms with Crippen LogP contribution >= 0.6 is 11.3 Å². The van der Waals surface area contributed by atoms with Gasteiger partial charge in [-0.05, 0) is 37.5 Å². The lowest BCUT2D eigenvalue weighted by Gasteiger charge is -2.23. The molecule has 21 heavy (non-hydrogen) atoms. The van der Waals surface area contributed by atoms with E-state index in [1.54, 1.807) is 0 Å². The lowest BCUT2D eigenvalue weighted by Crippen LogP contribution is -2.27. The van der Waals surface area contributed by atoms with Crippen molar-refractivity contribution in [2.75, 3.05) is 18.0 Å². The van der Waals surface area contributed by atoms with Crippen LogP contribution < -0.4 is 10.2 Å². The molecule has 2 rings (SSSR count). The third kappa shape index (κ3) is 6.35. The zero-order valence-corrected chi connectivity index (χ0v) is 14.9. The molecule has 0 bridgehead atoms. The first kappa shape index (κ1) is 16.8. The van der Waals surface area contributed by atoms with E-state index in [4.69, 9.17) is 0 Å². The molecule has 1 N–H and O–H groups in total. The zero-order chi connectivity index (χ0) is 15.2. The molecule has 1 aliphatic rings. The number of aromatic nitrogens is 1. The normalized spacial score (nSPS) is 15.1. The third-order valence-corrected chi connectivity index (χ3v) is 4.97. The second-order valence-electron chi connectivity index (χ2n) is 7.12. The molecule has 0 aliphatic heterocycles. The number of hydrogen-bond donors (Lipinski definition) is 1. The maximum atomic E-state index is 4.68. The van der Waals surface area contributed by atoms with Crippen LogP contribution in [-0.4, -0.2) is 24.1 Å². The highest BCUT2D eigenvalue weighted by Crippen LogP contribution is 2.25. The average molecular weight is 310 g/mol. The van der Waals surface area contributed by atoms with Crippen LogP contribution in [0.2, 0.25) is 0 Å². The average Bonchev–Trinajstić information content (AvgIpc) is 3.14. The van der Waals surface area contributed by atoms with Crippen molar-refractivity contribution in [3.8, 4) is 0 Å². The fourth-order valence-electron chi connectivity index (χ4n) is 2.19. The van der Waals surface area contributed by atoms with E-state index < -0.39 is 0 Å². The van der Waals surface area contributed by atoms with Gasteiger partial charge in [0.1, 0.15) is 0 Å². The van der Waals surface area contributed by atoms with E-state index in [9.17, 15) is 0 Å². The quantitative estimate of drug-likeness (QED) is 0.698. The summed E-state index contributed by atoms with van der Waals surface area (Å²) in [5, 5.41) is 4.79. The number of anilines is 1. The Balaban J connectivity index is 1.89. The topological polar surface area (TPSA) is 28.2 Å². The van der Waals surface area contributed by atoms with Gasteiger partial charge >= 0.3 is 0 Å². The van der Waals surface area contributed by atoms with Gasteiger partial charge in [-0.25, -0.2) is 4.98 Å². The van der Waals surface area contributed by atoms with Crippen molar-refractivity contribution >= 4 is 16.5 Å². The Morgan fingerprint density at radius 1 is 1.19 bits per heavy atom. The Morgan fingerprint density at radius 3 is 2.33 bits per heavy atom. The molecule has 1 aromatic heterocycles. The van der Waals surface area contributed by atoms with Crippen LogP contribution in [0.25, 0.3) is 0 Å². The van der Waals surface area contributed by atoms with Crippen molar-refractivity contribution in [3.63, 3.8) is 0 Å². The van der Waals surface area contributed by atoms with Gasteiger partial charge in [0, 0.05) is 36.8 Å². The Morgan fingerprint density at radius 2 is 1.81 bits per heavy atom. The van der Waals surface area contributed by atoms with Crippen LogP contribution in [0.1, 0.15) is 58.3 Å². The van der Waals surface area contributed by atoms with Crippen LogP contribution in [0.15, 0.2) is 6.20 Å². The first-order valence-electron chi connectivity index (χ1n) is 8.47. The Labute approximate surface area is 134 Å². The molecule has 0 saturated heterocycles. The summed E-state index contributed by atoms with van der Waals surface area (Å²) in [6, 6.07) is 0.772. The molecule has 1 aliphatic carbocycles. The molecule has 4 heteroatoms. The van der Waals surface area contributed by atoms with Crippen LogP contribution in [0.3, 0.4) is 0 Å². The van der Waals surface area contributed by atoms with Crippen molar-refractivity contribution < 1.29 is 0 Å². The summed E-state index contributed by atoms with van der Waals surface area (Å²) < 4.78 is 0. The van der Waals surface area contributed by atoms with Gasteiger partial charge in [-0.3, -0.25) is 0 Å². The van der Waals surface area contributed by atoms with E-state index in [-0.39, 0.29) is 0 Å².